The Morgan fingerprint density at radius 1 is 1.25 bits per heavy atom. The van der Waals surface area contributed by atoms with Crippen LogP contribution in [0.15, 0.2) is 0 Å². The molecule has 70 valence electrons. The van der Waals surface area contributed by atoms with Gasteiger partial charge < -0.3 is 15.7 Å². The third-order valence-corrected chi connectivity index (χ3v) is 1.24. The van der Waals surface area contributed by atoms with Gasteiger partial charge in [0.2, 0.25) is 0 Å². The fourth-order valence-electron chi connectivity index (χ4n) is 0.665. The fourth-order valence-corrected chi connectivity index (χ4v) is 0.665. The van der Waals surface area contributed by atoms with Gasteiger partial charge in [-0.1, -0.05) is 0 Å². The Morgan fingerprint density at radius 3 is 1.92 bits per heavy atom. The van der Waals surface area contributed by atoms with Crippen molar-refractivity contribution in [1.29, 1.82) is 0 Å². The standard InChI is InChI=1S/C6H13N3O3/c1-7-5(11)9(3-4-10)6(12)8-2/h10H,3-4H2,1-2H3,(H,7,11)(H,8,12). The number of nitrogens with one attached hydrogen (secondary N) is 2. The molecule has 0 saturated heterocycles. The van der Waals surface area contributed by atoms with E-state index in [2.05, 4.69) is 10.6 Å². The van der Waals surface area contributed by atoms with Crippen LogP contribution in [0.1, 0.15) is 0 Å². The number of hydrogen-bond donors (Lipinski definition) is 3. The van der Waals surface area contributed by atoms with Crippen molar-refractivity contribution in [1.82, 2.24) is 15.5 Å². The summed E-state index contributed by atoms with van der Waals surface area (Å²) in [6.07, 6.45) is 0. The van der Waals surface area contributed by atoms with E-state index in [9.17, 15) is 9.59 Å². The summed E-state index contributed by atoms with van der Waals surface area (Å²) < 4.78 is 0. The SMILES string of the molecule is CNC(=O)N(CCO)C(=O)NC. The molecule has 0 bridgehead atoms. The molecule has 0 spiro atoms. The smallest absolute Gasteiger partial charge is 0.325 e. The molecule has 0 saturated carbocycles. The van der Waals surface area contributed by atoms with Crippen LogP contribution in [0.5, 0.6) is 0 Å². The van der Waals surface area contributed by atoms with Crippen molar-refractivity contribution in [2.24, 2.45) is 0 Å². The van der Waals surface area contributed by atoms with Gasteiger partial charge in [-0.3, -0.25) is 0 Å². The molecule has 0 radical (unpaired) electrons. The molecule has 6 nitrogen and oxygen atoms in total. The van der Waals surface area contributed by atoms with Crippen molar-refractivity contribution in [3.05, 3.63) is 0 Å². The van der Waals surface area contributed by atoms with Crippen LogP contribution in [0.3, 0.4) is 0 Å². The zero-order valence-electron chi connectivity index (χ0n) is 7.13. The molecule has 0 aliphatic rings. The zero-order valence-corrected chi connectivity index (χ0v) is 7.13. The Hall–Kier alpha value is -1.30. The Kier molecular flexibility index (Phi) is 4.78. The van der Waals surface area contributed by atoms with E-state index in [1.165, 1.54) is 14.1 Å². The van der Waals surface area contributed by atoms with Gasteiger partial charge in [-0.15, -0.1) is 0 Å². The summed E-state index contributed by atoms with van der Waals surface area (Å²) >= 11 is 0. The number of nitrogens with zero attached hydrogens (tertiary/aromatic N) is 1. The number of imide groups is 1. The Balaban J connectivity index is 4.21. The van der Waals surface area contributed by atoms with Crippen molar-refractivity contribution in [3.8, 4) is 0 Å². The van der Waals surface area contributed by atoms with Gasteiger partial charge in [0.1, 0.15) is 0 Å². The molecule has 0 aromatic carbocycles. The second-order valence-electron chi connectivity index (χ2n) is 1.99. The maximum atomic E-state index is 10.9. The van der Waals surface area contributed by atoms with Crippen molar-refractivity contribution in [2.75, 3.05) is 27.2 Å². The second kappa shape index (κ2) is 5.36. The molecule has 0 heterocycles. The highest BCUT2D eigenvalue weighted by Crippen LogP contribution is 1.88. The topological polar surface area (TPSA) is 81.7 Å². The Bertz CT molecular complexity index is 155. The summed E-state index contributed by atoms with van der Waals surface area (Å²) in [5, 5.41) is 13.1. The highest BCUT2D eigenvalue weighted by atomic mass is 16.3. The van der Waals surface area contributed by atoms with Gasteiger partial charge in [-0.05, 0) is 0 Å². The quantitative estimate of drug-likeness (QED) is 0.501. The highest BCUT2D eigenvalue weighted by Gasteiger charge is 2.17. The minimum absolute atomic E-state index is 0.0145. The zero-order chi connectivity index (χ0) is 9.56. The molecule has 0 atom stereocenters. The monoisotopic (exact) mass is 175 g/mol. The van der Waals surface area contributed by atoms with E-state index in [0.29, 0.717) is 0 Å². The molecule has 0 aliphatic heterocycles. The van der Waals surface area contributed by atoms with Gasteiger partial charge in [0, 0.05) is 14.1 Å². The molecule has 6 heteroatoms. The largest absolute Gasteiger partial charge is 0.395 e. The van der Waals surface area contributed by atoms with Gasteiger partial charge in [-0.25, -0.2) is 14.5 Å². The first-order valence-corrected chi connectivity index (χ1v) is 3.49. The van der Waals surface area contributed by atoms with Crippen LogP contribution in [0, 0.1) is 0 Å². The number of hydrogen-bond acceptors (Lipinski definition) is 3. The van der Waals surface area contributed by atoms with Crippen LogP contribution >= 0.6 is 0 Å². The van der Waals surface area contributed by atoms with Crippen LogP contribution < -0.4 is 10.6 Å². The average Bonchev–Trinajstić information content (AvgIpc) is 2.11. The molecule has 0 rings (SSSR count). The van der Waals surface area contributed by atoms with Gasteiger partial charge in [0.25, 0.3) is 0 Å². The normalized spacial score (nSPS) is 8.92. The van der Waals surface area contributed by atoms with E-state index in [4.69, 9.17) is 5.11 Å². The number of carbonyl (C=O) groups excluding carboxylic acids is 2. The minimum atomic E-state index is -0.539. The third-order valence-electron chi connectivity index (χ3n) is 1.24. The number of rotatable bonds is 2. The van der Waals surface area contributed by atoms with Gasteiger partial charge in [0.05, 0.1) is 13.2 Å². The first-order chi connectivity index (χ1) is 5.67. The molecular formula is C6H13N3O3. The molecule has 4 amide bonds. The lowest BCUT2D eigenvalue weighted by atomic mass is 10.6. The summed E-state index contributed by atoms with van der Waals surface area (Å²) in [7, 11) is 2.82. The number of aliphatic hydroxyl groups is 1. The predicted molar refractivity (Wildman–Crippen MR) is 42.7 cm³/mol. The number of amides is 4. The third kappa shape index (κ3) is 2.75. The van der Waals surface area contributed by atoms with Gasteiger partial charge in [-0.2, -0.15) is 0 Å². The molecule has 0 fully saturated rings. The summed E-state index contributed by atoms with van der Waals surface area (Å²) in [6, 6.07) is -1.08. The Morgan fingerprint density at radius 2 is 1.67 bits per heavy atom. The first-order valence-electron chi connectivity index (χ1n) is 3.49. The molecule has 0 aliphatic carbocycles. The van der Waals surface area contributed by atoms with Crippen LogP contribution in [0.4, 0.5) is 9.59 Å². The van der Waals surface area contributed by atoms with E-state index in [1.807, 2.05) is 0 Å². The number of aliphatic hydroxyl groups excluding tert-OH is 1. The molecule has 3 N–H and O–H groups in total. The number of urea groups is 2. The summed E-state index contributed by atoms with van der Waals surface area (Å²) in [5.74, 6) is 0. The van der Waals surface area contributed by atoms with E-state index in [0.717, 1.165) is 4.90 Å². The van der Waals surface area contributed by atoms with Gasteiger partial charge in [0.15, 0.2) is 0 Å². The van der Waals surface area contributed by atoms with Crippen molar-refractivity contribution < 1.29 is 14.7 Å². The first kappa shape index (κ1) is 10.7. The molecule has 0 aromatic rings. The van der Waals surface area contributed by atoms with Crippen molar-refractivity contribution in [2.45, 2.75) is 0 Å². The average molecular weight is 175 g/mol. The molecular weight excluding hydrogens is 162 g/mol. The van der Waals surface area contributed by atoms with E-state index in [1.54, 1.807) is 0 Å². The molecule has 0 unspecified atom stereocenters. The van der Waals surface area contributed by atoms with Gasteiger partial charge >= 0.3 is 12.1 Å². The van der Waals surface area contributed by atoms with E-state index < -0.39 is 12.1 Å². The summed E-state index contributed by atoms with van der Waals surface area (Å²) in [5.41, 5.74) is 0. The maximum Gasteiger partial charge on any atom is 0.325 e. The lowest BCUT2D eigenvalue weighted by Gasteiger charge is -2.17. The van der Waals surface area contributed by atoms with Crippen LogP contribution in [-0.2, 0) is 0 Å². The Labute approximate surface area is 70.5 Å². The summed E-state index contributed by atoms with van der Waals surface area (Å²) in [6.45, 7) is -0.264. The highest BCUT2D eigenvalue weighted by molar-refractivity contribution is 5.93. The lowest BCUT2D eigenvalue weighted by molar-refractivity contribution is 0.173. The maximum absolute atomic E-state index is 10.9. The van der Waals surface area contributed by atoms with E-state index >= 15 is 0 Å². The van der Waals surface area contributed by atoms with Crippen molar-refractivity contribution >= 4 is 12.1 Å². The van der Waals surface area contributed by atoms with E-state index in [-0.39, 0.29) is 13.2 Å². The number of carbonyl (C=O) groups is 2. The van der Waals surface area contributed by atoms with Crippen LogP contribution in [-0.4, -0.2) is 49.3 Å². The van der Waals surface area contributed by atoms with Crippen LogP contribution in [0.25, 0.3) is 0 Å². The summed E-state index contributed by atoms with van der Waals surface area (Å²) in [4.78, 5) is 22.8. The molecule has 12 heavy (non-hydrogen) atoms. The molecule has 0 aromatic heterocycles. The fraction of sp³-hybridized carbons (Fsp3) is 0.667. The predicted octanol–water partition coefficient (Wildman–Crippen LogP) is -1.04. The minimum Gasteiger partial charge on any atom is -0.395 e. The lowest BCUT2D eigenvalue weighted by Crippen LogP contribution is -2.47. The second-order valence-corrected chi connectivity index (χ2v) is 1.99. The van der Waals surface area contributed by atoms with Crippen molar-refractivity contribution in [3.63, 3.8) is 0 Å². The van der Waals surface area contributed by atoms with Crippen LogP contribution in [0.2, 0.25) is 0 Å².